The van der Waals surface area contributed by atoms with Crippen LogP contribution in [-0.4, -0.2) is 46.6 Å². The normalized spacial score (nSPS) is 14.1. The summed E-state index contributed by atoms with van der Waals surface area (Å²) in [5.41, 5.74) is 3.95. The van der Waals surface area contributed by atoms with Gasteiger partial charge in [0.15, 0.2) is 16.3 Å². The highest BCUT2D eigenvalue weighted by atomic mass is 32.1. The number of rotatable bonds is 12. The van der Waals surface area contributed by atoms with E-state index >= 15 is 0 Å². The zero-order valence-electron chi connectivity index (χ0n) is 29.0. The Kier molecular flexibility index (Phi) is 10.6. The molecule has 0 spiro atoms. The van der Waals surface area contributed by atoms with Crippen molar-refractivity contribution in [3.05, 3.63) is 121 Å². The predicted octanol–water partition coefficient (Wildman–Crippen LogP) is 5.76. The maximum Gasteiger partial charge on any atom is 0.338 e. The summed E-state index contributed by atoms with van der Waals surface area (Å²) in [6.07, 6.45) is 5.71. The summed E-state index contributed by atoms with van der Waals surface area (Å²) in [6.45, 7) is 7.64. The van der Waals surface area contributed by atoms with Crippen molar-refractivity contribution < 1.29 is 28.5 Å². The van der Waals surface area contributed by atoms with Crippen molar-refractivity contribution in [2.75, 3.05) is 20.3 Å². The molecule has 1 atom stereocenters. The molecule has 3 aromatic carbocycles. The third kappa shape index (κ3) is 7.41. The highest BCUT2D eigenvalue weighted by Crippen LogP contribution is 2.36. The van der Waals surface area contributed by atoms with E-state index in [9.17, 15) is 14.4 Å². The molecule has 0 bridgehead atoms. The second kappa shape index (κ2) is 15.4. The van der Waals surface area contributed by atoms with E-state index in [1.807, 2.05) is 66.9 Å². The predicted molar refractivity (Wildman–Crippen MR) is 194 cm³/mol. The van der Waals surface area contributed by atoms with Gasteiger partial charge < -0.3 is 18.9 Å². The largest absolute Gasteiger partial charge is 0.494 e. The van der Waals surface area contributed by atoms with Gasteiger partial charge in [-0.1, -0.05) is 48.9 Å². The van der Waals surface area contributed by atoms with Gasteiger partial charge in [0.05, 0.1) is 47.9 Å². The van der Waals surface area contributed by atoms with Gasteiger partial charge in [-0.15, -0.1) is 0 Å². The maximum atomic E-state index is 14.5. The number of carbonyl (C=O) groups is 2. The van der Waals surface area contributed by atoms with Crippen LogP contribution >= 0.6 is 11.3 Å². The summed E-state index contributed by atoms with van der Waals surface area (Å²) < 4.78 is 25.9. The fourth-order valence-electron chi connectivity index (χ4n) is 5.82. The Morgan fingerprint density at radius 2 is 1.76 bits per heavy atom. The molecule has 262 valence electrons. The average molecular weight is 707 g/mol. The fourth-order valence-corrected chi connectivity index (χ4v) is 6.85. The van der Waals surface area contributed by atoms with Gasteiger partial charge >= 0.3 is 11.9 Å². The number of aromatic nitrogens is 3. The lowest BCUT2D eigenvalue weighted by Gasteiger charge is -2.25. The van der Waals surface area contributed by atoms with Gasteiger partial charge in [-0.3, -0.25) is 14.2 Å². The molecule has 2 aromatic heterocycles. The molecule has 0 amide bonds. The Morgan fingerprint density at radius 3 is 2.45 bits per heavy atom. The Labute approximate surface area is 298 Å². The van der Waals surface area contributed by atoms with E-state index in [0.29, 0.717) is 38.5 Å². The van der Waals surface area contributed by atoms with E-state index in [1.165, 1.54) is 29.9 Å². The molecule has 11 nitrogen and oxygen atoms in total. The molecule has 1 unspecified atom stereocenters. The Bertz CT molecular complexity index is 2290. The fraction of sp³-hybridized carbons (Fsp3) is 0.256. The lowest BCUT2D eigenvalue weighted by molar-refractivity contribution is -0.139. The van der Waals surface area contributed by atoms with Crippen LogP contribution in [0.25, 0.3) is 23.0 Å². The van der Waals surface area contributed by atoms with E-state index in [0.717, 1.165) is 29.8 Å². The van der Waals surface area contributed by atoms with Crippen LogP contribution < -0.4 is 29.1 Å². The van der Waals surface area contributed by atoms with Gasteiger partial charge in [0.25, 0.3) is 5.56 Å². The summed E-state index contributed by atoms with van der Waals surface area (Å²) in [4.78, 5) is 44.7. The first kappa shape index (κ1) is 35.1. The highest BCUT2D eigenvalue weighted by Gasteiger charge is 2.34. The van der Waals surface area contributed by atoms with Crippen LogP contribution in [0.15, 0.2) is 100 Å². The molecule has 6 rings (SSSR count). The van der Waals surface area contributed by atoms with Crippen LogP contribution in [0.1, 0.15) is 57.7 Å². The van der Waals surface area contributed by atoms with Crippen molar-refractivity contribution >= 4 is 29.4 Å². The molecule has 51 heavy (non-hydrogen) atoms. The standard InChI is InChI=1S/C39H38N4O7S/c1-6-8-20-49-30-17-14-26(15-18-30)35-28(23-42(41-35)29-12-10-9-11-13-29)22-33-37(45)43-36(27-16-19-31(50-25(4)44)32(21-27)47-5)34(38(46)48-7-2)24(3)40-39(43)51-33/h9-19,21-23,36H,6-8,20H2,1-5H3/b33-22-. The lowest BCUT2D eigenvalue weighted by Crippen LogP contribution is -2.40. The van der Waals surface area contributed by atoms with Gasteiger partial charge in [-0.25, -0.2) is 14.5 Å². The minimum atomic E-state index is -0.894. The smallest absolute Gasteiger partial charge is 0.338 e. The van der Waals surface area contributed by atoms with Gasteiger partial charge in [0.2, 0.25) is 0 Å². The number of methoxy groups -OCH3 is 1. The molecular weight excluding hydrogens is 669 g/mol. The van der Waals surface area contributed by atoms with Crippen molar-refractivity contribution in [1.82, 2.24) is 14.3 Å². The molecule has 12 heteroatoms. The molecule has 0 aliphatic carbocycles. The number of thiazole rings is 1. The van der Waals surface area contributed by atoms with Gasteiger partial charge in [-0.2, -0.15) is 5.10 Å². The first-order valence-corrected chi connectivity index (χ1v) is 17.5. The highest BCUT2D eigenvalue weighted by molar-refractivity contribution is 7.07. The zero-order valence-corrected chi connectivity index (χ0v) is 29.9. The van der Waals surface area contributed by atoms with Crippen molar-refractivity contribution in [3.8, 4) is 34.2 Å². The minimum Gasteiger partial charge on any atom is -0.494 e. The zero-order chi connectivity index (χ0) is 36.1. The van der Waals surface area contributed by atoms with E-state index < -0.39 is 18.0 Å². The Morgan fingerprint density at radius 1 is 1.00 bits per heavy atom. The van der Waals surface area contributed by atoms with E-state index in [-0.39, 0.29) is 29.2 Å². The van der Waals surface area contributed by atoms with Gasteiger partial charge in [0.1, 0.15) is 11.4 Å². The number of para-hydroxylation sites is 1. The van der Waals surface area contributed by atoms with Crippen molar-refractivity contribution in [3.63, 3.8) is 0 Å². The monoisotopic (exact) mass is 706 g/mol. The number of hydrogen-bond acceptors (Lipinski definition) is 10. The van der Waals surface area contributed by atoms with Crippen LogP contribution in [0.4, 0.5) is 0 Å². The quantitative estimate of drug-likeness (QED) is 0.0912. The van der Waals surface area contributed by atoms with E-state index in [2.05, 4.69) is 6.92 Å². The van der Waals surface area contributed by atoms with Crippen LogP contribution in [-0.2, 0) is 14.3 Å². The summed E-state index contributed by atoms with van der Waals surface area (Å²) in [5.74, 6) is 0.151. The third-order valence-corrected chi connectivity index (χ3v) is 9.20. The molecule has 1 aliphatic heterocycles. The number of allylic oxidation sites excluding steroid dienone is 1. The number of carbonyl (C=O) groups excluding carboxylic acids is 2. The number of benzene rings is 3. The molecular formula is C39H38N4O7S. The van der Waals surface area contributed by atoms with Crippen LogP contribution in [0.2, 0.25) is 0 Å². The van der Waals surface area contributed by atoms with Gasteiger partial charge in [-0.05, 0) is 80.4 Å². The Hall–Kier alpha value is -5.75. The van der Waals surface area contributed by atoms with Crippen LogP contribution in [0.3, 0.4) is 0 Å². The minimum absolute atomic E-state index is 0.140. The summed E-state index contributed by atoms with van der Waals surface area (Å²) in [6, 6.07) is 21.5. The number of nitrogens with zero attached hydrogens (tertiary/aromatic N) is 4. The molecule has 0 fully saturated rings. The third-order valence-electron chi connectivity index (χ3n) is 8.22. The molecule has 0 radical (unpaired) electrons. The number of ether oxygens (including phenoxy) is 4. The van der Waals surface area contributed by atoms with Crippen molar-refractivity contribution in [2.24, 2.45) is 4.99 Å². The number of esters is 2. The number of unbranched alkanes of at least 4 members (excludes halogenated alkanes) is 1. The Balaban J connectivity index is 1.51. The summed E-state index contributed by atoms with van der Waals surface area (Å²) in [5, 5.41) is 4.94. The van der Waals surface area contributed by atoms with Crippen molar-refractivity contribution in [1.29, 1.82) is 0 Å². The van der Waals surface area contributed by atoms with Crippen LogP contribution in [0.5, 0.6) is 17.2 Å². The van der Waals surface area contributed by atoms with Crippen molar-refractivity contribution in [2.45, 2.75) is 46.6 Å². The van der Waals surface area contributed by atoms with E-state index in [1.54, 1.807) is 36.7 Å². The molecule has 0 saturated heterocycles. The summed E-state index contributed by atoms with van der Waals surface area (Å²) in [7, 11) is 1.45. The second-order valence-corrected chi connectivity index (χ2v) is 12.8. The average Bonchev–Trinajstić information content (AvgIpc) is 3.68. The first-order valence-electron chi connectivity index (χ1n) is 16.7. The number of hydrogen-bond donors (Lipinski definition) is 0. The molecule has 0 N–H and O–H groups in total. The SMILES string of the molecule is CCCCOc1ccc(-c2nn(-c3ccccc3)cc2/C=c2\sc3n(c2=O)C(c2ccc(OC(C)=O)c(OC)c2)C(C(=O)OCC)=C(C)N=3)cc1. The molecule has 3 heterocycles. The molecule has 0 saturated carbocycles. The van der Waals surface area contributed by atoms with Gasteiger partial charge in [0, 0.05) is 24.2 Å². The van der Waals surface area contributed by atoms with E-state index in [4.69, 9.17) is 29.0 Å². The molecule has 5 aromatic rings. The summed E-state index contributed by atoms with van der Waals surface area (Å²) >= 11 is 1.21. The van der Waals surface area contributed by atoms with Crippen LogP contribution in [0, 0.1) is 0 Å². The lowest BCUT2D eigenvalue weighted by atomic mass is 9.95. The first-order chi connectivity index (χ1) is 24.7. The number of fused-ring (bicyclic) bond motifs is 1. The topological polar surface area (TPSA) is 123 Å². The maximum absolute atomic E-state index is 14.5. The molecule has 1 aliphatic rings. The second-order valence-electron chi connectivity index (χ2n) is 11.7.